The molecule has 3 amide bonds. The summed E-state index contributed by atoms with van der Waals surface area (Å²) in [6.45, 7) is 2.08. The van der Waals surface area contributed by atoms with Crippen LogP contribution in [-0.2, 0) is 11.2 Å². The van der Waals surface area contributed by atoms with E-state index in [-0.39, 0.29) is 23.6 Å². The van der Waals surface area contributed by atoms with Gasteiger partial charge in [-0.2, -0.15) is 5.10 Å². The first kappa shape index (κ1) is 20.7. The first-order valence-electron chi connectivity index (χ1n) is 12.5. The van der Waals surface area contributed by atoms with Crippen LogP contribution >= 0.6 is 0 Å². The molecule has 1 aromatic carbocycles. The molecule has 3 heterocycles. The monoisotopic (exact) mass is 472 g/mol. The van der Waals surface area contributed by atoms with Gasteiger partial charge in [0.25, 0.3) is 5.91 Å². The van der Waals surface area contributed by atoms with Gasteiger partial charge in [0.05, 0.1) is 18.0 Å². The van der Waals surface area contributed by atoms with Gasteiger partial charge >= 0.3 is 6.03 Å². The first-order chi connectivity index (χ1) is 17.0. The minimum Gasteiger partial charge on any atom is -0.330 e. The van der Waals surface area contributed by atoms with Crippen LogP contribution in [0.1, 0.15) is 49.8 Å². The van der Waals surface area contributed by atoms with E-state index < -0.39 is 17.6 Å². The number of hydrogen-bond donors (Lipinski definition) is 4. The fourth-order valence-corrected chi connectivity index (χ4v) is 5.27. The van der Waals surface area contributed by atoms with E-state index in [1.807, 2.05) is 17.3 Å². The van der Waals surface area contributed by atoms with Crippen molar-refractivity contribution in [1.82, 2.24) is 26.3 Å². The number of carbonyl (C=O) groups is 2. The highest BCUT2D eigenvalue weighted by Gasteiger charge is 2.73. The van der Waals surface area contributed by atoms with Crippen molar-refractivity contribution in [1.29, 1.82) is 0 Å². The van der Waals surface area contributed by atoms with Crippen LogP contribution in [-0.4, -0.2) is 46.8 Å². The Kier molecular flexibility index (Phi) is 4.37. The maximum Gasteiger partial charge on any atom is 0.326 e. The second kappa shape index (κ2) is 7.40. The van der Waals surface area contributed by atoms with Gasteiger partial charge in [0.2, 0.25) is 11.9 Å². The van der Waals surface area contributed by atoms with Crippen LogP contribution in [0.25, 0.3) is 0 Å². The summed E-state index contributed by atoms with van der Waals surface area (Å²) >= 11 is 0. The zero-order valence-corrected chi connectivity index (χ0v) is 19.5. The third-order valence-corrected chi connectivity index (χ3v) is 7.66. The lowest BCUT2D eigenvalue weighted by molar-refractivity contribution is -0.115. The van der Waals surface area contributed by atoms with Crippen LogP contribution in [0.4, 0.5) is 4.79 Å². The molecule has 3 saturated carbocycles. The highest BCUT2D eigenvalue weighted by molar-refractivity contribution is 6.12. The van der Waals surface area contributed by atoms with E-state index in [9.17, 15) is 9.59 Å². The van der Waals surface area contributed by atoms with Crippen molar-refractivity contribution in [3.63, 3.8) is 0 Å². The van der Waals surface area contributed by atoms with E-state index in [4.69, 9.17) is 9.98 Å². The van der Waals surface area contributed by atoms with E-state index in [0.717, 1.165) is 24.3 Å². The van der Waals surface area contributed by atoms with Gasteiger partial charge in [-0.25, -0.2) is 19.8 Å². The van der Waals surface area contributed by atoms with E-state index in [0.29, 0.717) is 18.0 Å². The zero-order valence-electron chi connectivity index (χ0n) is 19.5. The van der Waals surface area contributed by atoms with Gasteiger partial charge in [0.1, 0.15) is 5.70 Å². The van der Waals surface area contributed by atoms with Gasteiger partial charge in [0, 0.05) is 12.1 Å². The van der Waals surface area contributed by atoms with Gasteiger partial charge in [-0.1, -0.05) is 24.3 Å². The van der Waals surface area contributed by atoms with Gasteiger partial charge < -0.3 is 10.6 Å². The van der Waals surface area contributed by atoms with Crippen LogP contribution in [0.5, 0.6) is 0 Å². The number of imide groups is 1. The lowest BCUT2D eigenvalue weighted by Gasteiger charge is -2.37. The Morgan fingerprint density at radius 1 is 1.14 bits per heavy atom. The molecule has 0 radical (unpaired) electrons. The molecule has 3 aliphatic carbocycles. The van der Waals surface area contributed by atoms with E-state index in [2.05, 4.69) is 57.6 Å². The number of urea groups is 1. The van der Waals surface area contributed by atoms with Crippen molar-refractivity contribution < 1.29 is 9.59 Å². The molecule has 5 fully saturated rings. The number of hydrazone groups is 1. The molecule has 2 saturated heterocycles. The van der Waals surface area contributed by atoms with Gasteiger partial charge in [-0.3, -0.25) is 15.4 Å². The highest BCUT2D eigenvalue weighted by Crippen LogP contribution is 2.57. The number of nitrogens with zero attached hydrogens (tertiary/aromatic N) is 4. The molecule has 0 aromatic heterocycles. The molecule has 4 unspecified atom stereocenters. The predicted molar refractivity (Wildman–Crippen MR) is 130 cm³/mol. The van der Waals surface area contributed by atoms with Crippen molar-refractivity contribution in [3.8, 4) is 0 Å². The smallest absolute Gasteiger partial charge is 0.326 e. The first-order valence-corrected chi connectivity index (χ1v) is 12.5. The van der Waals surface area contributed by atoms with Crippen LogP contribution in [0.2, 0.25) is 0 Å². The minimum absolute atomic E-state index is 0.0361. The molecule has 35 heavy (non-hydrogen) atoms. The van der Waals surface area contributed by atoms with Crippen LogP contribution in [0, 0.1) is 17.8 Å². The van der Waals surface area contributed by atoms with Gasteiger partial charge in [-0.15, -0.1) is 0 Å². The summed E-state index contributed by atoms with van der Waals surface area (Å²) in [5.41, 5.74) is 2.24. The molecule has 7 rings (SSSR count). The lowest BCUT2D eigenvalue weighted by atomic mass is 10.0. The normalized spacial score (nSPS) is 34.9. The van der Waals surface area contributed by atoms with Crippen molar-refractivity contribution in [2.75, 3.05) is 0 Å². The summed E-state index contributed by atoms with van der Waals surface area (Å²) in [5, 5.41) is 18.2. The van der Waals surface area contributed by atoms with E-state index >= 15 is 0 Å². The zero-order chi connectivity index (χ0) is 23.7. The van der Waals surface area contributed by atoms with Crippen molar-refractivity contribution in [2.24, 2.45) is 32.8 Å². The number of carbonyl (C=O) groups excluding carboxylic acids is 2. The number of rotatable bonds is 6. The minimum atomic E-state index is -0.577. The predicted octanol–water partition coefficient (Wildman–Crippen LogP) is 1.73. The van der Waals surface area contributed by atoms with Gasteiger partial charge in [0.15, 0.2) is 5.66 Å². The fourth-order valence-electron chi connectivity index (χ4n) is 5.27. The topological polar surface area (TPSA) is 123 Å². The van der Waals surface area contributed by atoms with Crippen LogP contribution in [0.3, 0.4) is 0 Å². The number of aliphatic imine (C=N–C) groups is 2. The molecule has 1 aromatic rings. The molecule has 10 nitrogen and oxygen atoms in total. The second-order valence-electron chi connectivity index (χ2n) is 10.4. The molecular formula is C25H28N8O2. The summed E-state index contributed by atoms with van der Waals surface area (Å²) in [5.74, 6) is 1.76. The average Bonchev–Trinajstić information content (AvgIpc) is 3.78. The molecule has 0 bridgehead atoms. The standard InChI is InChI=1S/C25H28N8O2/c1-13(16-6-4-15(5-7-16)10-14-2-3-14)27-22-31-23(28-17-8-9-17)33-25(32-22)18(19(25)12-26-33)11-20-21(34)30-24(35)29-20/h4-7,11-14,17-19H,2-3,8-10H2,1H3,(H2,27,28,31,32)(H2,29,30,34,35). The Labute approximate surface area is 203 Å². The molecule has 6 aliphatic rings. The Balaban J connectivity index is 1.16. The third-order valence-electron chi connectivity index (χ3n) is 7.66. The Hall–Kier alpha value is -3.69. The largest absolute Gasteiger partial charge is 0.330 e. The van der Waals surface area contributed by atoms with E-state index in [1.165, 1.54) is 24.8 Å². The van der Waals surface area contributed by atoms with Crippen molar-refractivity contribution in [3.05, 3.63) is 47.2 Å². The Morgan fingerprint density at radius 2 is 1.94 bits per heavy atom. The van der Waals surface area contributed by atoms with Crippen LogP contribution in [0.15, 0.2) is 51.1 Å². The molecular weight excluding hydrogens is 444 g/mol. The summed E-state index contributed by atoms with van der Waals surface area (Å²) in [6.07, 6.45) is 9.72. The summed E-state index contributed by atoms with van der Waals surface area (Å²) in [6, 6.07) is 8.53. The molecule has 1 spiro atoms. The molecule has 3 aliphatic heterocycles. The Morgan fingerprint density at radius 3 is 2.63 bits per heavy atom. The summed E-state index contributed by atoms with van der Waals surface area (Å²) in [4.78, 5) is 33.5. The van der Waals surface area contributed by atoms with E-state index in [1.54, 1.807) is 0 Å². The number of amides is 3. The van der Waals surface area contributed by atoms with Crippen molar-refractivity contribution >= 4 is 30.1 Å². The number of nitrogens with one attached hydrogen (secondary N) is 4. The number of guanidine groups is 2. The molecule has 4 atom stereocenters. The number of hydrogen-bond acceptors (Lipinski definition) is 5. The van der Waals surface area contributed by atoms with Crippen LogP contribution < -0.4 is 21.3 Å². The highest BCUT2D eigenvalue weighted by atomic mass is 16.2. The number of benzene rings is 1. The summed E-state index contributed by atoms with van der Waals surface area (Å²) in [7, 11) is 0. The SMILES string of the molecule is CC(N=C1NC(=NC2CC2)N2N=CC3C(C=C4NC(=O)NC4=O)C32N1)c1ccc(CC2CC2)cc1. The van der Waals surface area contributed by atoms with Crippen molar-refractivity contribution in [2.45, 2.75) is 56.8 Å². The quantitative estimate of drug-likeness (QED) is 0.371. The average molecular weight is 473 g/mol. The fraction of sp³-hybridized carbons (Fsp3) is 0.480. The Bertz CT molecular complexity index is 1230. The second-order valence-corrected chi connectivity index (χ2v) is 10.4. The molecule has 180 valence electrons. The summed E-state index contributed by atoms with van der Waals surface area (Å²) < 4.78 is 0. The maximum atomic E-state index is 12.1. The molecule has 4 N–H and O–H groups in total. The molecule has 10 heteroatoms. The lowest BCUT2D eigenvalue weighted by Crippen LogP contribution is -2.65. The maximum absolute atomic E-state index is 12.1. The third kappa shape index (κ3) is 3.59. The van der Waals surface area contributed by atoms with Gasteiger partial charge in [-0.05, 0) is 62.1 Å².